The molecular weight excluding hydrogens is 384 g/mol. The van der Waals surface area contributed by atoms with Gasteiger partial charge in [0.2, 0.25) is 0 Å². The second-order valence-electron chi connectivity index (χ2n) is 7.61. The van der Waals surface area contributed by atoms with Gasteiger partial charge in [-0.25, -0.2) is 4.98 Å². The number of hydrogen-bond acceptors (Lipinski definition) is 8. The first-order chi connectivity index (χ1) is 14.7. The number of ether oxygens (including phenoxy) is 1. The van der Waals surface area contributed by atoms with Crippen molar-refractivity contribution in [3.63, 3.8) is 0 Å². The molecule has 2 fully saturated rings. The van der Waals surface area contributed by atoms with Crippen LogP contribution < -0.4 is 20.9 Å². The molecule has 0 bridgehead atoms. The van der Waals surface area contributed by atoms with Gasteiger partial charge >= 0.3 is 0 Å². The van der Waals surface area contributed by atoms with Gasteiger partial charge in [0.05, 0.1) is 13.2 Å². The first-order valence-corrected chi connectivity index (χ1v) is 10.2. The van der Waals surface area contributed by atoms with Crippen molar-refractivity contribution in [2.75, 3.05) is 54.5 Å². The molecule has 2 aliphatic rings. The van der Waals surface area contributed by atoms with Crippen LogP contribution in [0.4, 0.5) is 17.5 Å². The predicted octanol–water partition coefficient (Wildman–Crippen LogP) is 1.85. The monoisotopic (exact) mass is 408 g/mol. The molecule has 2 aromatic heterocycles. The summed E-state index contributed by atoms with van der Waals surface area (Å²) in [6.45, 7) is 4.43. The Kier molecular flexibility index (Phi) is 4.97. The minimum absolute atomic E-state index is 0.153. The van der Waals surface area contributed by atoms with E-state index in [-0.39, 0.29) is 11.9 Å². The second kappa shape index (κ2) is 7.92. The first kappa shape index (κ1) is 18.8. The fourth-order valence-corrected chi connectivity index (χ4v) is 3.80. The maximum atomic E-state index is 12.7. The van der Waals surface area contributed by atoms with E-state index in [1.165, 1.54) is 0 Å². The van der Waals surface area contributed by atoms with Crippen molar-refractivity contribution in [2.45, 2.75) is 12.5 Å². The van der Waals surface area contributed by atoms with Crippen LogP contribution in [0.2, 0.25) is 0 Å². The molecule has 3 aromatic rings. The summed E-state index contributed by atoms with van der Waals surface area (Å²) in [6.07, 6.45) is 0.932. The Labute approximate surface area is 173 Å². The molecule has 0 aliphatic carbocycles. The highest BCUT2D eigenvalue weighted by molar-refractivity contribution is 6.03. The number of oxazole rings is 1. The van der Waals surface area contributed by atoms with E-state index in [4.69, 9.17) is 14.9 Å². The van der Waals surface area contributed by atoms with Crippen LogP contribution in [-0.2, 0) is 4.74 Å². The van der Waals surface area contributed by atoms with Crippen molar-refractivity contribution in [1.29, 1.82) is 0 Å². The summed E-state index contributed by atoms with van der Waals surface area (Å²) in [4.78, 5) is 26.0. The van der Waals surface area contributed by atoms with E-state index in [1.54, 1.807) is 12.1 Å². The number of carbonyl (C=O) groups excluding carboxylic acids is 1. The lowest BCUT2D eigenvalue weighted by molar-refractivity contribution is 0.102. The summed E-state index contributed by atoms with van der Waals surface area (Å²) in [6, 6.07) is 11.6. The minimum Gasteiger partial charge on any atom is -0.423 e. The van der Waals surface area contributed by atoms with E-state index in [1.807, 2.05) is 24.3 Å². The maximum absolute atomic E-state index is 12.7. The van der Waals surface area contributed by atoms with Crippen LogP contribution in [-0.4, -0.2) is 61.3 Å². The molecule has 1 atom stereocenters. The fourth-order valence-electron chi connectivity index (χ4n) is 3.80. The fraction of sp³-hybridized carbons (Fsp3) is 0.381. The Hall–Kier alpha value is -3.17. The van der Waals surface area contributed by atoms with Gasteiger partial charge in [-0.05, 0) is 30.7 Å². The van der Waals surface area contributed by atoms with Gasteiger partial charge in [-0.2, -0.15) is 4.98 Å². The highest BCUT2D eigenvalue weighted by Gasteiger charge is 2.21. The number of amides is 1. The van der Waals surface area contributed by atoms with E-state index >= 15 is 0 Å². The molecule has 156 valence electrons. The van der Waals surface area contributed by atoms with Gasteiger partial charge < -0.3 is 30.0 Å². The molecule has 9 heteroatoms. The van der Waals surface area contributed by atoms with Crippen LogP contribution in [0.25, 0.3) is 11.1 Å². The lowest BCUT2D eigenvalue weighted by Gasteiger charge is -2.24. The average Bonchev–Trinajstić information content (AvgIpc) is 3.40. The number of aromatic nitrogens is 2. The zero-order valence-electron chi connectivity index (χ0n) is 16.6. The van der Waals surface area contributed by atoms with Crippen LogP contribution in [0.15, 0.2) is 40.8 Å². The normalized spacial score (nSPS) is 19.4. The van der Waals surface area contributed by atoms with Gasteiger partial charge in [0, 0.05) is 44.0 Å². The molecule has 30 heavy (non-hydrogen) atoms. The Morgan fingerprint density at radius 2 is 1.97 bits per heavy atom. The molecule has 1 aromatic carbocycles. The van der Waals surface area contributed by atoms with E-state index in [2.05, 4.69) is 25.1 Å². The van der Waals surface area contributed by atoms with Gasteiger partial charge in [0.15, 0.2) is 5.58 Å². The number of nitrogens with zero attached hydrogens (tertiary/aromatic N) is 4. The van der Waals surface area contributed by atoms with Crippen LogP contribution in [0.3, 0.4) is 0 Å². The molecular formula is C21H24N6O3. The van der Waals surface area contributed by atoms with Crippen molar-refractivity contribution in [2.24, 2.45) is 5.73 Å². The Morgan fingerprint density at radius 3 is 2.77 bits per heavy atom. The second-order valence-corrected chi connectivity index (χ2v) is 7.61. The van der Waals surface area contributed by atoms with Gasteiger partial charge in [-0.1, -0.05) is 6.07 Å². The van der Waals surface area contributed by atoms with Crippen LogP contribution in [0.1, 0.15) is 16.9 Å². The number of morpholine rings is 1. The predicted molar refractivity (Wildman–Crippen MR) is 114 cm³/mol. The van der Waals surface area contributed by atoms with E-state index < -0.39 is 0 Å². The maximum Gasteiger partial charge on any atom is 0.298 e. The lowest BCUT2D eigenvalue weighted by atomic mass is 10.2. The number of nitrogens with two attached hydrogens (primary N) is 1. The van der Waals surface area contributed by atoms with E-state index in [9.17, 15) is 4.79 Å². The first-order valence-electron chi connectivity index (χ1n) is 10.2. The topological polar surface area (TPSA) is 110 Å². The van der Waals surface area contributed by atoms with Gasteiger partial charge in [0.25, 0.3) is 11.9 Å². The summed E-state index contributed by atoms with van der Waals surface area (Å²) in [5.41, 5.74) is 8.35. The number of anilines is 3. The van der Waals surface area contributed by atoms with E-state index in [0.29, 0.717) is 36.2 Å². The SMILES string of the molecule is NC1CCN(c2cccc(C(=O)Nc3ccc4nc(N5CCOCC5)oc4c3)n2)C1. The highest BCUT2D eigenvalue weighted by Crippen LogP contribution is 2.26. The number of hydrogen-bond donors (Lipinski definition) is 2. The number of benzene rings is 1. The molecule has 1 amide bonds. The van der Waals surface area contributed by atoms with Crippen molar-refractivity contribution < 1.29 is 13.9 Å². The third-order valence-electron chi connectivity index (χ3n) is 5.43. The molecule has 0 saturated carbocycles. The van der Waals surface area contributed by atoms with Crippen LogP contribution in [0.5, 0.6) is 0 Å². The van der Waals surface area contributed by atoms with Crippen molar-refractivity contribution in [3.05, 3.63) is 42.1 Å². The molecule has 1 unspecified atom stereocenters. The molecule has 3 N–H and O–H groups in total. The molecule has 0 spiro atoms. The van der Waals surface area contributed by atoms with Gasteiger partial charge in [-0.3, -0.25) is 4.79 Å². The smallest absolute Gasteiger partial charge is 0.298 e. The molecule has 9 nitrogen and oxygen atoms in total. The summed E-state index contributed by atoms with van der Waals surface area (Å²) in [7, 11) is 0. The van der Waals surface area contributed by atoms with Crippen molar-refractivity contribution >= 4 is 34.5 Å². The third-order valence-corrected chi connectivity index (χ3v) is 5.43. The molecule has 5 rings (SSSR count). The molecule has 0 radical (unpaired) electrons. The summed E-state index contributed by atoms with van der Waals surface area (Å²) < 4.78 is 11.3. The Balaban J connectivity index is 1.32. The summed E-state index contributed by atoms with van der Waals surface area (Å²) in [5, 5.41) is 2.90. The number of fused-ring (bicyclic) bond motifs is 1. The van der Waals surface area contributed by atoms with Crippen LogP contribution >= 0.6 is 0 Å². The van der Waals surface area contributed by atoms with E-state index in [0.717, 1.165) is 43.9 Å². The van der Waals surface area contributed by atoms with Crippen molar-refractivity contribution in [3.8, 4) is 0 Å². The van der Waals surface area contributed by atoms with Crippen molar-refractivity contribution in [1.82, 2.24) is 9.97 Å². The number of pyridine rings is 1. The number of carbonyl (C=O) groups is 1. The van der Waals surface area contributed by atoms with Crippen LogP contribution in [0, 0.1) is 0 Å². The zero-order chi connectivity index (χ0) is 20.5. The standard InChI is InChI=1S/C21H24N6O3/c22-14-6-7-27(13-14)19-3-1-2-17(24-19)20(28)23-15-4-5-16-18(12-15)30-21(25-16)26-8-10-29-11-9-26/h1-5,12,14H,6-11,13,22H2,(H,23,28). The summed E-state index contributed by atoms with van der Waals surface area (Å²) in [5.74, 6) is 0.504. The third kappa shape index (κ3) is 3.81. The number of rotatable bonds is 4. The lowest BCUT2D eigenvalue weighted by Crippen LogP contribution is -2.36. The zero-order valence-corrected chi connectivity index (χ0v) is 16.6. The Bertz CT molecular complexity index is 1060. The largest absolute Gasteiger partial charge is 0.423 e. The number of nitrogens with one attached hydrogen (secondary N) is 1. The molecule has 2 aliphatic heterocycles. The quantitative estimate of drug-likeness (QED) is 0.673. The summed E-state index contributed by atoms with van der Waals surface area (Å²) >= 11 is 0. The van der Waals surface area contributed by atoms with Gasteiger partial charge in [0.1, 0.15) is 17.0 Å². The van der Waals surface area contributed by atoms with Gasteiger partial charge in [-0.15, -0.1) is 0 Å². The minimum atomic E-state index is -0.271. The average molecular weight is 408 g/mol. The highest BCUT2D eigenvalue weighted by atomic mass is 16.5. The molecule has 4 heterocycles. The Morgan fingerprint density at radius 1 is 1.10 bits per heavy atom. The molecule has 2 saturated heterocycles.